The average Bonchev–Trinajstić information content (AvgIpc) is 3.99. The number of fused-ring (bicyclic) bond motifs is 15. The maximum atomic E-state index is 5.51. The summed E-state index contributed by atoms with van der Waals surface area (Å²) in [6.45, 7) is 0. The van der Waals surface area contributed by atoms with Gasteiger partial charge in [0.25, 0.3) is 0 Å². The first kappa shape index (κ1) is 40.7. The molecule has 0 saturated heterocycles. The first-order chi connectivity index (χ1) is 36.7. The number of hydrogen-bond donors (Lipinski definition) is 0. The van der Waals surface area contributed by atoms with Crippen molar-refractivity contribution >= 4 is 108 Å². The summed E-state index contributed by atoms with van der Waals surface area (Å²) in [7, 11) is 0. The van der Waals surface area contributed by atoms with Crippen molar-refractivity contribution in [3.05, 3.63) is 249 Å². The third kappa shape index (κ3) is 6.07. The van der Waals surface area contributed by atoms with Crippen LogP contribution in [0.2, 0.25) is 0 Å². The summed E-state index contributed by atoms with van der Waals surface area (Å²) in [6, 6.07) is 90.1. The van der Waals surface area contributed by atoms with Gasteiger partial charge in [0.15, 0.2) is 11.6 Å². The summed E-state index contributed by atoms with van der Waals surface area (Å²) in [4.78, 5) is 16.5. The lowest BCUT2D eigenvalue weighted by molar-refractivity contribution is 0.955. The zero-order chi connectivity index (χ0) is 48.4. The average molecular weight is 940 g/mol. The molecule has 74 heavy (non-hydrogen) atoms. The molecule has 342 valence electrons. The van der Waals surface area contributed by atoms with Crippen molar-refractivity contribution in [1.29, 1.82) is 0 Å². The lowest BCUT2D eigenvalue weighted by atomic mass is 9.96. The van der Waals surface area contributed by atoms with Gasteiger partial charge in [-0.15, -0.1) is 0 Å². The highest BCUT2D eigenvalue weighted by Crippen LogP contribution is 2.42. The Morgan fingerprint density at radius 2 is 0.622 bits per heavy atom. The van der Waals surface area contributed by atoms with E-state index in [1.54, 1.807) is 0 Å². The van der Waals surface area contributed by atoms with Crippen LogP contribution in [0.15, 0.2) is 249 Å². The van der Waals surface area contributed by atoms with Gasteiger partial charge in [-0.1, -0.05) is 188 Å². The molecule has 0 aliphatic rings. The molecule has 16 aromatic rings. The summed E-state index contributed by atoms with van der Waals surface area (Å²) in [5.74, 6) is 1.81. The summed E-state index contributed by atoms with van der Waals surface area (Å²) < 4.78 is 4.66. The number of rotatable bonds is 5. The third-order valence-electron chi connectivity index (χ3n) is 15.5. The zero-order valence-corrected chi connectivity index (χ0v) is 39.9. The van der Waals surface area contributed by atoms with Gasteiger partial charge in [0.05, 0.1) is 22.1 Å². The Hall–Kier alpha value is -9.97. The summed E-state index contributed by atoms with van der Waals surface area (Å²) in [5, 5.41) is 18.9. The molecule has 16 rings (SSSR count). The van der Waals surface area contributed by atoms with E-state index in [4.69, 9.17) is 15.0 Å². The molecule has 0 aliphatic heterocycles. The van der Waals surface area contributed by atoms with Gasteiger partial charge in [0.2, 0.25) is 5.95 Å². The Kier molecular flexibility index (Phi) is 8.68. The number of para-hydroxylation sites is 2. The maximum Gasteiger partial charge on any atom is 0.238 e. The molecule has 0 spiro atoms. The topological polar surface area (TPSA) is 48.5 Å². The van der Waals surface area contributed by atoms with Gasteiger partial charge in [0.1, 0.15) is 0 Å². The molecule has 0 fully saturated rings. The quantitative estimate of drug-likeness (QED) is 0.162. The minimum atomic E-state index is 0.564. The van der Waals surface area contributed by atoms with Crippen molar-refractivity contribution in [2.24, 2.45) is 0 Å². The molecule has 3 heterocycles. The Morgan fingerprint density at radius 3 is 1.18 bits per heavy atom. The SMILES string of the molecule is c1ccc2c(c1)ccc1ccc(-n3c4ccccc4c4cc(-c5ccc6c(c5)c5ccccc5n6-c5nc(-c6cc7ccccc7c7ccccc67)nc(-c6cc7ccccc7c7ccccc67)n5)ccc43)cc12. The van der Waals surface area contributed by atoms with Crippen LogP contribution >= 0.6 is 0 Å². The van der Waals surface area contributed by atoms with E-state index >= 15 is 0 Å². The highest BCUT2D eigenvalue weighted by molar-refractivity contribution is 6.17. The minimum Gasteiger partial charge on any atom is -0.309 e. The zero-order valence-electron chi connectivity index (χ0n) is 39.9. The molecule has 3 aromatic heterocycles. The van der Waals surface area contributed by atoms with E-state index in [0.29, 0.717) is 17.6 Å². The predicted molar refractivity (Wildman–Crippen MR) is 310 cm³/mol. The molecule has 0 atom stereocenters. The molecule has 0 aliphatic carbocycles. The number of nitrogens with zero attached hydrogens (tertiary/aromatic N) is 5. The van der Waals surface area contributed by atoms with E-state index < -0.39 is 0 Å². The van der Waals surface area contributed by atoms with Crippen molar-refractivity contribution in [3.8, 4) is 45.5 Å². The van der Waals surface area contributed by atoms with Crippen LogP contribution in [-0.2, 0) is 0 Å². The van der Waals surface area contributed by atoms with Crippen LogP contribution in [0.5, 0.6) is 0 Å². The van der Waals surface area contributed by atoms with Gasteiger partial charge in [-0.25, -0.2) is 4.98 Å². The lowest BCUT2D eigenvalue weighted by Crippen LogP contribution is -2.07. The highest BCUT2D eigenvalue weighted by atomic mass is 15.2. The second-order valence-electron chi connectivity index (χ2n) is 19.5. The molecule has 0 bridgehead atoms. The largest absolute Gasteiger partial charge is 0.309 e. The van der Waals surface area contributed by atoms with Crippen LogP contribution in [0.3, 0.4) is 0 Å². The van der Waals surface area contributed by atoms with Gasteiger partial charge >= 0.3 is 0 Å². The maximum absolute atomic E-state index is 5.51. The molecular weight excluding hydrogens is 899 g/mol. The number of hydrogen-bond acceptors (Lipinski definition) is 3. The van der Waals surface area contributed by atoms with Gasteiger partial charge in [-0.3, -0.25) is 4.57 Å². The molecule has 13 aromatic carbocycles. The molecule has 5 heteroatoms. The predicted octanol–water partition coefficient (Wildman–Crippen LogP) is 18.0. The first-order valence-electron chi connectivity index (χ1n) is 25.3. The van der Waals surface area contributed by atoms with Gasteiger partial charge in [-0.2, -0.15) is 9.97 Å². The van der Waals surface area contributed by atoms with Crippen LogP contribution in [-0.4, -0.2) is 24.1 Å². The number of benzene rings is 13. The smallest absolute Gasteiger partial charge is 0.238 e. The Balaban J connectivity index is 0.903. The third-order valence-corrected chi connectivity index (χ3v) is 15.5. The molecule has 0 N–H and O–H groups in total. The van der Waals surface area contributed by atoms with E-state index in [1.807, 2.05) is 0 Å². The fourth-order valence-corrected chi connectivity index (χ4v) is 12.1. The van der Waals surface area contributed by atoms with Crippen molar-refractivity contribution in [1.82, 2.24) is 24.1 Å². The monoisotopic (exact) mass is 939 g/mol. The molecule has 0 amide bonds. The van der Waals surface area contributed by atoms with Crippen LogP contribution in [0.25, 0.3) is 154 Å². The Morgan fingerprint density at radius 1 is 0.230 bits per heavy atom. The molecule has 0 radical (unpaired) electrons. The fraction of sp³-hybridized carbons (Fsp3) is 0. The van der Waals surface area contributed by atoms with Gasteiger partial charge in [0, 0.05) is 38.4 Å². The molecule has 0 unspecified atom stereocenters. The summed E-state index contributed by atoms with van der Waals surface area (Å²) in [6.07, 6.45) is 0. The van der Waals surface area contributed by atoms with Gasteiger partial charge in [-0.05, 0) is 136 Å². The van der Waals surface area contributed by atoms with Gasteiger partial charge < -0.3 is 4.57 Å². The normalized spacial score (nSPS) is 12.1. The van der Waals surface area contributed by atoms with E-state index in [1.165, 1.54) is 54.1 Å². The Bertz CT molecular complexity index is 4900. The van der Waals surface area contributed by atoms with Crippen molar-refractivity contribution in [2.45, 2.75) is 0 Å². The minimum absolute atomic E-state index is 0.564. The van der Waals surface area contributed by atoms with Crippen LogP contribution in [0, 0.1) is 0 Å². The second-order valence-corrected chi connectivity index (χ2v) is 19.5. The number of aromatic nitrogens is 5. The summed E-state index contributed by atoms with van der Waals surface area (Å²) in [5.41, 5.74) is 9.76. The van der Waals surface area contributed by atoms with E-state index in [0.717, 1.165) is 82.1 Å². The summed E-state index contributed by atoms with van der Waals surface area (Å²) >= 11 is 0. The Labute approximate surface area is 424 Å². The van der Waals surface area contributed by atoms with E-state index in [2.05, 4.69) is 258 Å². The van der Waals surface area contributed by atoms with Crippen molar-refractivity contribution < 1.29 is 0 Å². The standard InChI is InChI=1S/C69H41N5/c1-4-18-49-42(15-1)29-30-43-31-34-48(41-58(43)49)73-63-27-13-11-25-56(63)59-37-44(32-35-65(59)73)45-33-36-66-60(38-45)57-26-12-14-28-64(57)74(66)69-71-67(61-39-46-16-2-5-19-50(46)52-21-7-9-23-54(52)61)70-68(72-69)62-40-47-17-3-6-20-51(47)53-22-8-10-24-55(53)62/h1-41H. The lowest BCUT2D eigenvalue weighted by Gasteiger charge is -2.15. The fourth-order valence-electron chi connectivity index (χ4n) is 12.1. The second kappa shape index (κ2) is 15.8. The highest BCUT2D eigenvalue weighted by Gasteiger charge is 2.22. The van der Waals surface area contributed by atoms with Crippen molar-refractivity contribution in [2.75, 3.05) is 0 Å². The van der Waals surface area contributed by atoms with Crippen molar-refractivity contribution in [3.63, 3.8) is 0 Å². The molecular formula is C69H41N5. The van der Waals surface area contributed by atoms with Crippen LogP contribution in [0.4, 0.5) is 0 Å². The molecule has 0 saturated carbocycles. The van der Waals surface area contributed by atoms with Crippen LogP contribution < -0.4 is 0 Å². The molecule has 5 nitrogen and oxygen atoms in total. The van der Waals surface area contributed by atoms with Crippen LogP contribution in [0.1, 0.15) is 0 Å². The van der Waals surface area contributed by atoms with E-state index in [-0.39, 0.29) is 0 Å². The van der Waals surface area contributed by atoms with E-state index in [9.17, 15) is 0 Å². The first-order valence-corrected chi connectivity index (χ1v) is 25.3.